The van der Waals surface area contributed by atoms with Gasteiger partial charge in [0.05, 0.1) is 19.7 Å². The first-order chi connectivity index (χ1) is 12.4. The molecular formula is C19H27N3O4. The predicted molar refractivity (Wildman–Crippen MR) is 97.2 cm³/mol. The summed E-state index contributed by atoms with van der Waals surface area (Å²) >= 11 is 0. The number of carbonyl (C=O) groups is 2. The molecule has 0 aliphatic carbocycles. The average Bonchev–Trinajstić information content (AvgIpc) is 3.03. The molecule has 1 aromatic carbocycles. The highest BCUT2D eigenvalue weighted by molar-refractivity contribution is 5.95. The lowest BCUT2D eigenvalue weighted by Gasteiger charge is -2.38. The first kappa shape index (κ1) is 18.7. The van der Waals surface area contributed by atoms with Gasteiger partial charge in [-0.15, -0.1) is 0 Å². The minimum atomic E-state index is -0.441. The van der Waals surface area contributed by atoms with Crippen LogP contribution in [0.3, 0.4) is 0 Å². The van der Waals surface area contributed by atoms with E-state index in [1.54, 1.807) is 22.9 Å². The molecule has 142 valence electrons. The first-order valence-electron chi connectivity index (χ1n) is 9.05. The van der Waals surface area contributed by atoms with Crippen molar-refractivity contribution in [3.63, 3.8) is 0 Å². The highest BCUT2D eigenvalue weighted by Crippen LogP contribution is 2.30. The smallest absolute Gasteiger partial charge is 0.254 e. The number of hydrogen-bond acceptors (Lipinski definition) is 5. The number of benzene rings is 1. The molecule has 2 amide bonds. The molecule has 2 heterocycles. The van der Waals surface area contributed by atoms with E-state index in [9.17, 15) is 9.59 Å². The van der Waals surface area contributed by atoms with Gasteiger partial charge in [0.1, 0.15) is 18.0 Å². The van der Waals surface area contributed by atoms with Crippen LogP contribution in [0.15, 0.2) is 18.2 Å². The molecule has 2 N–H and O–H groups in total. The van der Waals surface area contributed by atoms with Crippen molar-refractivity contribution in [3.8, 4) is 5.75 Å². The van der Waals surface area contributed by atoms with Gasteiger partial charge in [-0.3, -0.25) is 9.59 Å². The number of rotatable bonds is 5. The van der Waals surface area contributed by atoms with E-state index in [-0.39, 0.29) is 18.4 Å². The van der Waals surface area contributed by atoms with Crippen LogP contribution in [0.1, 0.15) is 28.8 Å². The Balaban J connectivity index is 1.68. The van der Waals surface area contributed by atoms with E-state index in [0.29, 0.717) is 38.3 Å². The molecule has 0 aromatic heterocycles. The van der Waals surface area contributed by atoms with E-state index in [1.165, 1.54) is 0 Å². The Hall–Kier alpha value is -2.12. The predicted octanol–water partition coefficient (Wildman–Crippen LogP) is 0.796. The van der Waals surface area contributed by atoms with Gasteiger partial charge in [0.25, 0.3) is 5.91 Å². The van der Waals surface area contributed by atoms with Crippen molar-refractivity contribution in [2.45, 2.75) is 25.4 Å². The monoisotopic (exact) mass is 361 g/mol. The van der Waals surface area contributed by atoms with E-state index in [4.69, 9.17) is 15.2 Å². The van der Waals surface area contributed by atoms with E-state index in [1.807, 2.05) is 19.1 Å². The molecule has 2 aliphatic rings. The van der Waals surface area contributed by atoms with Gasteiger partial charge < -0.3 is 25.0 Å². The summed E-state index contributed by atoms with van der Waals surface area (Å²) in [5, 5.41) is 0. The number of nitrogens with zero attached hydrogens (tertiary/aromatic N) is 2. The molecule has 2 saturated heterocycles. The summed E-state index contributed by atoms with van der Waals surface area (Å²) in [7, 11) is 1.78. The number of likely N-dealkylation sites (tertiary alicyclic amines) is 1. The fourth-order valence-electron chi connectivity index (χ4n) is 3.49. The van der Waals surface area contributed by atoms with Gasteiger partial charge in [-0.2, -0.15) is 0 Å². The van der Waals surface area contributed by atoms with Crippen LogP contribution in [-0.4, -0.2) is 73.7 Å². The first-order valence-corrected chi connectivity index (χ1v) is 9.05. The Kier molecular flexibility index (Phi) is 5.48. The third-order valence-electron chi connectivity index (χ3n) is 5.10. The molecule has 1 atom stereocenters. The lowest BCUT2D eigenvalue weighted by Crippen LogP contribution is -2.54. The van der Waals surface area contributed by atoms with Gasteiger partial charge in [0.2, 0.25) is 5.91 Å². The maximum absolute atomic E-state index is 12.9. The summed E-state index contributed by atoms with van der Waals surface area (Å²) in [4.78, 5) is 28.1. The van der Waals surface area contributed by atoms with Crippen LogP contribution in [-0.2, 0) is 9.53 Å². The van der Waals surface area contributed by atoms with Gasteiger partial charge >= 0.3 is 0 Å². The van der Waals surface area contributed by atoms with Crippen LogP contribution in [0, 0.1) is 6.92 Å². The number of ether oxygens (including phenoxy) is 2. The Morgan fingerprint density at radius 1 is 1.38 bits per heavy atom. The van der Waals surface area contributed by atoms with Crippen molar-refractivity contribution >= 4 is 11.8 Å². The van der Waals surface area contributed by atoms with Crippen LogP contribution < -0.4 is 10.5 Å². The van der Waals surface area contributed by atoms with Gasteiger partial charge in [-0.05, 0) is 44.0 Å². The molecule has 0 radical (unpaired) electrons. The number of carbonyl (C=O) groups excluding carboxylic acids is 2. The highest BCUT2D eigenvalue weighted by Gasteiger charge is 2.45. The van der Waals surface area contributed by atoms with Crippen LogP contribution in [0.2, 0.25) is 0 Å². The Morgan fingerprint density at radius 3 is 2.92 bits per heavy atom. The molecular weight excluding hydrogens is 334 g/mol. The topological polar surface area (TPSA) is 85.1 Å². The molecule has 7 nitrogen and oxygen atoms in total. The van der Waals surface area contributed by atoms with Crippen LogP contribution >= 0.6 is 0 Å². The molecule has 1 spiro atoms. The zero-order valence-electron chi connectivity index (χ0n) is 15.5. The SMILES string of the molecule is Cc1ccc(C(=O)N2CC[C@]3(CN(C)C(=O)CO3)C2)cc1OCCCN. The molecule has 7 heteroatoms. The van der Waals surface area contributed by atoms with Crippen molar-refractivity contribution in [1.29, 1.82) is 0 Å². The Labute approximate surface area is 154 Å². The summed E-state index contributed by atoms with van der Waals surface area (Å²) in [5.41, 5.74) is 6.66. The quantitative estimate of drug-likeness (QED) is 0.784. The second-order valence-corrected chi connectivity index (χ2v) is 7.17. The normalized spacial score (nSPS) is 23.0. The van der Waals surface area contributed by atoms with E-state index >= 15 is 0 Å². The molecule has 2 aliphatic heterocycles. The summed E-state index contributed by atoms with van der Waals surface area (Å²) in [6.07, 6.45) is 1.51. The van der Waals surface area contributed by atoms with E-state index < -0.39 is 5.60 Å². The second-order valence-electron chi connectivity index (χ2n) is 7.17. The molecule has 0 saturated carbocycles. The molecule has 2 fully saturated rings. The summed E-state index contributed by atoms with van der Waals surface area (Å²) in [5.74, 6) is 0.671. The fourth-order valence-corrected chi connectivity index (χ4v) is 3.49. The molecule has 3 rings (SSSR count). The van der Waals surface area contributed by atoms with Gasteiger partial charge in [-0.1, -0.05) is 6.07 Å². The number of hydrogen-bond donors (Lipinski definition) is 1. The number of amides is 2. The van der Waals surface area contributed by atoms with Crippen LogP contribution in [0.4, 0.5) is 0 Å². The molecule has 0 bridgehead atoms. The number of nitrogens with two attached hydrogens (primary N) is 1. The second kappa shape index (κ2) is 7.63. The lowest BCUT2D eigenvalue weighted by molar-refractivity contribution is -0.158. The average molecular weight is 361 g/mol. The van der Waals surface area contributed by atoms with Crippen LogP contribution in [0.25, 0.3) is 0 Å². The molecule has 0 unspecified atom stereocenters. The number of aryl methyl sites for hydroxylation is 1. The zero-order chi connectivity index (χ0) is 18.7. The molecule has 26 heavy (non-hydrogen) atoms. The van der Waals surface area contributed by atoms with Crippen molar-refractivity contribution < 1.29 is 19.1 Å². The number of morpholine rings is 1. The summed E-state index contributed by atoms with van der Waals surface area (Å²) < 4.78 is 11.6. The highest BCUT2D eigenvalue weighted by atomic mass is 16.5. The number of likely N-dealkylation sites (N-methyl/N-ethyl adjacent to an activating group) is 1. The third kappa shape index (κ3) is 3.83. The minimum absolute atomic E-state index is 0.0156. The van der Waals surface area contributed by atoms with Crippen molar-refractivity contribution in [3.05, 3.63) is 29.3 Å². The van der Waals surface area contributed by atoms with E-state index in [0.717, 1.165) is 24.2 Å². The van der Waals surface area contributed by atoms with Crippen molar-refractivity contribution in [2.75, 3.05) is 46.4 Å². The minimum Gasteiger partial charge on any atom is -0.493 e. The zero-order valence-corrected chi connectivity index (χ0v) is 15.5. The van der Waals surface area contributed by atoms with Crippen LogP contribution in [0.5, 0.6) is 5.75 Å². The lowest BCUT2D eigenvalue weighted by atomic mass is 10.0. The summed E-state index contributed by atoms with van der Waals surface area (Å²) in [6, 6.07) is 5.53. The standard InChI is InChI=1S/C19H27N3O4/c1-14-4-5-15(10-16(14)25-9-3-7-20)18(24)22-8-6-19(13-22)12-21(2)17(23)11-26-19/h4-5,10H,3,6-9,11-13,20H2,1-2H3/t19-/m0/s1. The molecule has 1 aromatic rings. The van der Waals surface area contributed by atoms with Gasteiger partial charge in [0.15, 0.2) is 0 Å². The van der Waals surface area contributed by atoms with Gasteiger partial charge in [-0.25, -0.2) is 0 Å². The fraction of sp³-hybridized carbons (Fsp3) is 0.579. The van der Waals surface area contributed by atoms with E-state index in [2.05, 4.69) is 0 Å². The summed E-state index contributed by atoms with van der Waals surface area (Å²) in [6.45, 7) is 4.80. The maximum Gasteiger partial charge on any atom is 0.254 e. The van der Waals surface area contributed by atoms with Crippen molar-refractivity contribution in [1.82, 2.24) is 9.80 Å². The Bertz CT molecular complexity index is 693. The van der Waals surface area contributed by atoms with Crippen molar-refractivity contribution in [2.24, 2.45) is 5.73 Å². The van der Waals surface area contributed by atoms with Gasteiger partial charge in [0, 0.05) is 19.2 Å². The Morgan fingerprint density at radius 2 is 2.19 bits per heavy atom. The largest absolute Gasteiger partial charge is 0.493 e. The third-order valence-corrected chi connectivity index (χ3v) is 5.10. The maximum atomic E-state index is 12.9.